The van der Waals surface area contributed by atoms with Crippen molar-refractivity contribution in [2.75, 3.05) is 11.5 Å². The van der Waals surface area contributed by atoms with E-state index in [0.29, 0.717) is 0 Å². The second-order valence-electron chi connectivity index (χ2n) is 9.56. The zero-order valence-electron chi connectivity index (χ0n) is 20.4. The lowest BCUT2D eigenvalue weighted by Crippen LogP contribution is -2.05. The van der Waals surface area contributed by atoms with Crippen molar-refractivity contribution in [1.29, 1.82) is 0 Å². The number of fused-ring (bicyclic) bond motifs is 10. The number of hydrogen-bond acceptors (Lipinski definition) is 4. The Hall–Kier alpha value is -3.45. The molecule has 0 saturated carbocycles. The molecular weight excluding hydrogens is 456 g/mol. The van der Waals surface area contributed by atoms with E-state index in [0.717, 1.165) is 68.8 Å². The van der Waals surface area contributed by atoms with Crippen LogP contribution in [0.15, 0.2) is 24.3 Å². The van der Waals surface area contributed by atoms with Gasteiger partial charge in [-0.05, 0) is 96.5 Å². The van der Waals surface area contributed by atoms with Gasteiger partial charge in [0, 0.05) is 22.1 Å². The van der Waals surface area contributed by atoms with Gasteiger partial charge in [-0.2, -0.15) is 0 Å². The molecule has 3 aliphatic rings. The van der Waals surface area contributed by atoms with E-state index >= 15 is 0 Å². The summed E-state index contributed by atoms with van der Waals surface area (Å²) in [6, 6.07) is 8.20. The first-order valence-electron chi connectivity index (χ1n) is 12.1. The lowest BCUT2D eigenvalue weighted by atomic mass is 10.1. The number of aromatic nitrogens is 4. The molecule has 178 valence electrons. The number of H-pyrrole nitrogens is 2. The number of aromatic amines is 2. The molecule has 2 N–H and O–H groups in total. The van der Waals surface area contributed by atoms with Crippen LogP contribution in [0.25, 0.3) is 45.4 Å². The van der Waals surface area contributed by atoms with Crippen molar-refractivity contribution in [3.05, 3.63) is 69.3 Å². The zero-order valence-corrected chi connectivity index (χ0v) is 21.2. The third-order valence-electron chi connectivity index (χ3n) is 7.39. The van der Waals surface area contributed by atoms with Crippen molar-refractivity contribution in [3.63, 3.8) is 0 Å². The summed E-state index contributed by atoms with van der Waals surface area (Å²) in [5, 5.41) is 0. The number of hydrogen-bond donors (Lipinski definition) is 2. The molecule has 0 radical (unpaired) electrons. The normalized spacial score (nSPS) is 16.2. The van der Waals surface area contributed by atoms with Gasteiger partial charge in [-0.25, -0.2) is 18.4 Å². The standard InChI is InChI=1S/C28H28N4O2S/c1-5-19-15(3)23-9-17-7-8-18(29-17)10-24-16(4)20(6-2)26(31-24)12-28-22-14-35(33,34)13-21(22)27(32-28)11-25(19)30-23/h7-12,30-31H,5-6,13-14H2,1-4H3. The van der Waals surface area contributed by atoms with Gasteiger partial charge in [0.15, 0.2) is 9.84 Å². The lowest BCUT2D eigenvalue weighted by Gasteiger charge is -1.98. The molecule has 0 spiro atoms. The van der Waals surface area contributed by atoms with Crippen molar-refractivity contribution in [3.8, 4) is 0 Å². The van der Waals surface area contributed by atoms with Crippen LogP contribution in [0.5, 0.6) is 0 Å². The highest BCUT2D eigenvalue weighted by Gasteiger charge is 2.34. The molecular formula is C28H28N4O2S. The van der Waals surface area contributed by atoms with E-state index in [9.17, 15) is 8.42 Å². The van der Waals surface area contributed by atoms with Gasteiger partial charge in [0.2, 0.25) is 0 Å². The molecule has 6 nitrogen and oxygen atoms in total. The zero-order chi connectivity index (χ0) is 24.5. The fraction of sp³-hybridized carbons (Fsp3) is 0.286. The van der Waals surface area contributed by atoms with Crippen LogP contribution in [-0.4, -0.2) is 39.9 Å². The van der Waals surface area contributed by atoms with Crippen molar-refractivity contribution < 1.29 is 8.42 Å². The van der Waals surface area contributed by atoms with Crippen LogP contribution in [0.2, 0.25) is 0 Å². The highest BCUT2D eigenvalue weighted by Crippen LogP contribution is 2.38. The minimum atomic E-state index is -3.18. The molecule has 6 heterocycles. The van der Waals surface area contributed by atoms with Crippen molar-refractivity contribution in [2.24, 2.45) is 0 Å². The van der Waals surface area contributed by atoms with Crippen molar-refractivity contribution >= 4 is 55.2 Å². The molecule has 35 heavy (non-hydrogen) atoms. The summed E-state index contributed by atoms with van der Waals surface area (Å²) in [6.07, 6.45) is 5.79. The third kappa shape index (κ3) is 3.57. The first kappa shape index (κ1) is 22.0. The second-order valence-corrected chi connectivity index (χ2v) is 11.6. The van der Waals surface area contributed by atoms with Crippen LogP contribution in [-0.2, 0) is 22.7 Å². The Labute approximate surface area is 204 Å². The van der Waals surface area contributed by atoms with E-state index < -0.39 is 9.84 Å². The summed E-state index contributed by atoms with van der Waals surface area (Å²) in [7, 11) is -3.18. The summed E-state index contributed by atoms with van der Waals surface area (Å²) in [5.41, 5.74) is 13.7. The molecule has 7 heteroatoms. The van der Waals surface area contributed by atoms with E-state index in [1.807, 2.05) is 24.3 Å². The average molecular weight is 485 g/mol. The topological polar surface area (TPSA) is 91.5 Å². The summed E-state index contributed by atoms with van der Waals surface area (Å²) < 4.78 is 25.3. The van der Waals surface area contributed by atoms with Crippen LogP contribution in [0.1, 0.15) is 58.9 Å². The van der Waals surface area contributed by atoms with E-state index in [4.69, 9.17) is 9.97 Å². The van der Waals surface area contributed by atoms with Crippen LogP contribution < -0.4 is 0 Å². The molecule has 0 aromatic carbocycles. The molecule has 8 bridgehead atoms. The SMILES string of the molecule is CCc1c(C)c2cc3nc(cc4[nH]c(cc5nc(cc1[nH]2)C1=C5CS(=O)(=O)C1)c(CC)c4C)C=C3. The van der Waals surface area contributed by atoms with Gasteiger partial charge in [0.1, 0.15) is 0 Å². The predicted octanol–water partition coefficient (Wildman–Crippen LogP) is 5.57. The minimum absolute atomic E-state index is 0.0402. The van der Waals surface area contributed by atoms with Crippen molar-refractivity contribution in [2.45, 2.75) is 40.5 Å². The molecule has 0 atom stereocenters. The van der Waals surface area contributed by atoms with Crippen molar-refractivity contribution in [1.82, 2.24) is 19.9 Å². The van der Waals surface area contributed by atoms with Gasteiger partial charge >= 0.3 is 0 Å². The Morgan fingerprint density at radius 1 is 0.714 bits per heavy atom. The second kappa shape index (κ2) is 7.78. The van der Waals surface area contributed by atoms with E-state index in [1.165, 1.54) is 22.3 Å². The largest absolute Gasteiger partial charge is 0.355 e. The number of aryl methyl sites for hydroxylation is 4. The van der Waals surface area contributed by atoms with Crippen LogP contribution in [0.3, 0.4) is 0 Å². The first-order valence-corrected chi connectivity index (χ1v) is 13.9. The monoisotopic (exact) mass is 484 g/mol. The van der Waals surface area contributed by atoms with E-state index in [2.05, 4.69) is 49.8 Å². The Bertz CT molecular complexity index is 1630. The molecule has 3 aliphatic heterocycles. The van der Waals surface area contributed by atoms with Gasteiger partial charge in [0.05, 0.1) is 34.3 Å². The highest BCUT2D eigenvalue weighted by atomic mass is 32.2. The van der Waals surface area contributed by atoms with Crippen LogP contribution in [0, 0.1) is 13.8 Å². The average Bonchev–Trinajstić information content (AvgIpc) is 3.57. The third-order valence-corrected chi connectivity index (χ3v) is 8.85. The number of sulfone groups is 1. The van der Waals surface area contributed by atoms with Crippen LogP contribution >= 0.6 is 0 Å². The Morgan fingerprint density at radius 3 is 1.60 bits per heavy atom. The molecule has 0 saturated heterocycles. The summed E-state index contributed by atoms with van der Waals surface area (Å²) in [5.74, 6) is 0.0803. The molecule has 0 unspecified atom stereocenters. The lowest BCUT2D eigenvalue weighted by molar-refractivity contribution is 0.603. The maximum atomic E-state index is 12.6. The molecule has 3 aromatic heterocycles. The first-order chi connectivity index (χ1) is 16.8. The Kier molecular flexibility index (Phi) is 4.90. The molecule has 3 aromatic rings. The maximum absolute atomic E-state index is 12.6. The fourth-order valence-corrected chi connectivity index (χ4v) is 7.18. The number of nitrogens with zero attached hydrogens (tertiary/aromatic N) is 2. The number of rotatable bonds is 2. The molecule has 0 amide bonds. The molecule has 0 aliphatic carbocycles. The fourth-order valence-electron chi connectivity index (χ4n) is 5.55. The summed E-state index contributed by atoms with van der Waals surface area (Å²) >= 11 is 0. The predicted molar refractivity (Wildman–Crippen MR) is 144 cm³/mol. The van der Waals surface area contributed by atoms with Gasteiger partial charge in [-0.3, -0.25) is 0 Å². The summed E-state index contributed by atoms with van der Waals surface area (Å²) in [6.45, 7) is 8.50. The minimum Gasteiger partial charge on any atom is -0.355 e. The highest BCUT2D eigenvalue weighted by molar-refractivity contribution is 7.92. The Morgan fingerprint density at radius 2 is 1.17 bits per heavy atom. The number of nitrogens with one attached hydrogen (secondary N) is 2. The van der Waals surface area contributed by atoms with Gasteiger partial charge < -0.3 is 9.97 Å². The molecule has 6 rings (SSSR count). The quantitative estimate of drug-likeness (QED) is 0.389. The van der Waals surface area contributed by atoms with Crippen LogP contribution in [0.4, 0.5) is 0 Å². The van der Waals surface area contributed by atoms with Gasteiger partial charge in [-0.1, -0.05) is 13.8 Å². The summed E-state index contributed by atoms with van der Waals surface area (Å²) in [4.78, 5) is 16.9. The van der Waals surface area contributed by atoms with Gasteiger partial charge in [0.25, 0.3) is 0 Å². The smallest absolute Gasteiger partial charge is 0.158 e. The molecule has 0 fully saturated rings. The Balaban J connectivity index is 1.77. The van der Waals surface area contributed by atoms with E-state index in [-0.39, 0.29) is 11.5 Å². The van der Waals surface area contributed by atoms with E-state index in [1.54, 1.807) is 0 Å². The van der Waals surface area contributed by atoms with Gasteiger partial charge in [-0.15, -0.1) is 0 Å². The maximum Gasteiger partial charge on any atom is 0.158 e.